The maximum absolute atomic E-state index is 13.6. The zero-order valence-corrected chi connectivity index (χ0v) is 10.3. The molecule has 17 heavy (non-hydrogen) atoms. The van der Waals surface area contributed by atoms with E-state index in [1.807, 2.05) is 0 Å². The van der Waals surface area contributed by atoms with Gasteiger partial charge in [-0.2, -0.15) is 5.10 Å². The third kappa shape index (κ3) is 2.18. The molecule has 1 aromatic heterocycles. The van der Waals surface area contributed by atoms with Crippen molar-refractivity contribution in [3.63, 3.8) is 0 Å². The molecule has 1 heterocycles. The Bertz CT molecular complexity index is 595. The SMILES string of the molecule is Cc1c(-n2cc(C(=O)Cl)cn2)ccc(Cl)c1F. The second-order valence-corrected chi connectivity index (χ2v) is 4.20. The zero-order valence-electron chi connectivity index (χ0n) is 8.75. The Morgan fingerprint density at radius 3 is 2.76 bits per heavy atom. The van der Waals surface area contributed by atoms with Crippen LogP contribution in [0.4, 0.5) is 4.39 Å². The highest BCUT2D eigenvalue weighted by Crippen LogP contribution is 2.23. The Balaban J connectivity index is 2.53. The van der Waals surface area contributed by atoms with Gasteiger partial charge in [0.25, 0.3) is 5.24 Å². The predicted molar refractivity (Wildman–Crippen MR) is 63.5 cm³/mol. The van der Waals surface area contributed by atoms with Crippen molar-refractivity contribution in [2.45, 2.75) is 6.92 Å². The van der Waals surface area contributed by atoms with E-state index in [2.05, 4.69) is 5.10 Å². The highest BCUT2D eigenvalue weighted by atomic mass is 35.5. The van der Waals surface area contributed by atoms with Crippen molar-refractivity contribution < 1.29 is 9.18 Å². The van der Waals surface area contributed by atoms with E-state index in [0.29, 0.717) is 11.3 Å². The molecule has 2 aromatic rings. The van der Waals surface area contributed by atoms with Crippen molar-refractivity contribution in [3.8, 4) is 5.69 Å². The summed E-state index contributed by atoms with van der Waals surface area (Å²) in [7, 11) is 0. The molecule has 0 radical (unpaired) electrons. The van der Waals surface area contributed by atoms with Crippen LogP contribution < -0.4 is 0 Å². The second-order valence-electron chi connectivity index (χ2n) is 3.45. The van der Waals surface area contributed by atoms with Crippen molar-refractivity contribution in [2.24, 2.45) is 0 Å². The lowest BCUT2D eigenvalue weighted by Crippen LogP contribution is -2.00. The molecule has 0 aliphatic carbocycles. The van der Waals surface area contributed by atoms with Gasteiger partial charge in [-0.25, -0.2) is 9.07 Å². The molecule has 88 valence electrons. The summed E-state index contributed by atoms with van der Waals surface area (Å²) in [6.45, 7) is 1.58. The number of benzene rings is 1. The fraction of sp³-hybridized carbons (Fsp3) is 0.0909. The molecular weight excluding hydrogens is 266 g/mol. The number of carbonyl (C=O) groups excluding carboxylic acids is 1. The van der Waals surface area contributed by atoms with E-state index < -0.39 is 11.1 Å². The van der Waals surface area contributed by atoms with Gasteiger partial charge in [-0.15, -0.1) is 0 Å². The summed E-state index contributed by atoms with van der Waals surface area (Å²) in [5, 5.41) is 3.38. The molecule has 0 aliphatic heterocycles. The molecular formula is C11H7Cl2FN2O. The fourth-order valence-electron chi connectivity index (χ4n) is 1.45. The maximum atomic E-state index is 13.6. The molecule has 1 aromatic carbocycles. The summed E-state index contributed by atoms with van der Waals surface area (Å²) in [4.78, 5) is 10.9. The van der Waals surface area contributed by atoms with Gasteiger partial charge < -0.3 is 0 Å². The van der Waals surface area contributed by atoms with Crippen molar-refractivity contribution in [1.82, 2.24) is 9.78 Å². The van der Waals surface area contributed by atoms with E-state index in [-0.39, 0.29) is 10.6 Å². The van der Waals surface area contributed by atoms with Gasteiger partial charge in [-0.3, -0.25) is 4.79 Å². The van der Waals surface area contributed by atoms with E-state index in [1.165, 1.54) is 23.1 Å². The minimum Gasteiger partial charge on any atom is -0.275 e. The van der Waals surface area contributed by atoms with Crippen LogP contribution in [-0.4, -0.2) is 15.0 Å². The lowest BCUT2D eigenvalue weighted by Gasteiger charge is -2.07. The van der Waals surface area contributed by atoms with Crippen LogP contribution in [0.1, 0.15) is 15.9 Å². The van der Waals surface area contributed by atoms with Crippen molar-refractivity contribution in [1.29, 1.82) is 0 Å². The minimum atomic E-state index is -0.608. The van der Waals surface area contributed by atoms with Crippen LogP contribution in [0.15, 0.2) is 24.5 Å². The van der Waals surface area contributed by atoms with Crippen molar-refractivity contribution in [2.75, 3.05) is 0 Å². The number of aromatic nitrogens is 2. The van der Waals surface area contributed by atoms with E-state index in [0.717, 1.165) is 0 Å². The second kappa shape index (κ2) is 4.47. The quantitative estimate of drug-likeness (QED) is 0.786. The summed E-state index contributed by atoms with van der Waals surface area (Å²) >= 11 is 11.0. The summed E-state index contributed by atoms with van der Waals surface area (Å²) in [5.41, 5.74) is 1.12. The molecule has 3 nitrogen and oxygen atoms in total. The zero-order chi connectivity index (χ0) is 12.6. The summed E-state index contributed by atoms with van der Waals surface area (Å²) in [6, 6.07) is 3.05. The van der Waals surface area contributed by atoms with Gasteiger partial charge in [0.1, 0.15) is 5.82 Å². The minimum absolute atomic E-state index is 0.0482. The third-order valence-corrected chi connectivity index (χ3v) is 2.88. The van der Waals surface area contributed by atoms with Crippen molar-refractivity contribution in [3.05, 3.63) is 46.5 Å². The maximum Gasteiger partial charge on any atom is 0.255 e. The summed E-state index contributed by atoms with van der Waals surface area (Å²) < 4.78 is 15.0. The highest BCUT2D eigenvalue weighted by molar-refractivity contribution is 6.67. The molecule has 0 atom stereocenters. The van der Waals surface area contributed by atoms with Crippen LogP contribution >= 0.6 is 23.2 Å². The van der Waals surface area contributed by atoms with Crippen LogP contribution in [0.3, 0.4) is 0 Å². The first-order valence-corrected chi connectivity index (χ1v) is 5.46. The fourth-order valence-corrected chi connectivity index (χ4v) is 1.75. The number of nitrogens with zero attached hydrogens (tertiary/aromatic N) is 2. The first kappa shape index (κ1) is 12.1. The van der Waals surface area contributed by atoms with Crippen LogP contribution in [0.5, 0.6) is 0 Å². The number of hydrogen-bond donors (Lipinski definition) is 0. The number of halogens is 3. The molecule has 0 amide bonds. The topological polar surface area (TPSA) is 34.9 Å². The third-order valence-electron chi connectivity index (χ3n) is 2.37. The van der Waals surface area contributed by atoms with Crippen molar-refractivity contribution >= 4 is 28.4 Å². The highest BCUT2D eigenvalue weighted by Gasteiger charge is 2.12. The van der Waals surface area contributed by atoms with Crippen LogP contribution in [0, 0.1) is 12.7 Å². The molecule has 6 heteroatoms. The lowest BCUT2D eigenvalue weighted by atomic mass is 10.2. The number of carbonyl (C=O) groups is 1. The molecule has 0 spiro atoms. The Kier molecular flexibility index (Phi) is 3.17. The summed E-state index contributed by atoms with van der Waals surface area (Å²) in [5.74, 6) is -0.501. The molecule has 0 saturated heterocycles. The molecule has 2 rings (SSSR count). The first-order valence-electron chi connectivity index (χ1n) is 4.70. The van der Waals surface area contributed by atoms with E-state index >= 15 is 0 Å². The molecule has 0 unspecified atom stereocenters. The molecule has 0 fully saturated rings. The average molecular weight is 273 g/mol. The lowest BCUT2D eigenvalue weighted by molar-refractivity contribution is 0.108. The molecule has 0 N–H and O–H groups in total. The van der Waals surface area contributed by atoms with Gasteiger partial charge in [0.15, 0.2) is 0 Å². The standard InChI is InChI=1S/C11H7Cl2FN2O/c1-6-9(3-2-8(12)10(6)14)16-5-7(4-15-16)11(13)17/h2-5H,1H3. The molecule has 0 aliphatic rings. The molecule has 0 saturated carbocycles. The Morgan fingerprint density at radius 2 is 2.18 bits per heavy atom. The van der Waals surface area contributed by atoms with E-state index in [9.17, 15) is 9.18 Å². The van der Waals surface area contributed by atoms with Gasteiger partial charge in [0.2, 0.25) is 0 Å². The Hall–Kier alpha value is -1.39. The number of hydrogen-bond acceptors (Lipinski definition) is 2. The normalized spacial score (nSPS) is 10.6. The first-order chi connectivity index (χ1) is 8.00. The predicted octanol–water partition coefficient (Wildman–Crippen LogP) is 3.35. The number of rotatable bonds is 2. The smallest absolute Gasteiger partial charge is 0.255 e. The van der Waals surface area contributed by atoms with Gasteiger partial charge in [-0.05, 0) is 30.7 Å². The van der Waals surface area contributed by atoms with Crippen LogP contribution in [-0.2, 0) is 0 Å². The largest absolute Gasteiger partial charge is 0.275 e. The van der Waals surface area contributed by atoms with Gasteiger partial charge in [-0.1, -0.05) is 11.6 Å². The Morgan fingerprint density at radius 1 is 1.47 bits per heavy atom. The van der Waals surface area contributed by atoms with E-state index in [4.69, 9.17) is 23.2 Å². The van der Waals surface area contributed by atoms with Crippen LogP contribution in [0.2, 0.25) is 5.02 Å². The van der Waals surface area contributed by atoms with Gasteiger partial charge in [0, 0.05) is 11.8 Å². The van der Waals surface area contributed by atoms with Gasteiger partial charge >= 0.3 is 0 Å². The summed E-state index contributed by atoms with van der Waals surface area (Å²) in [6.07, 6.45) is 2.76. The molecule has 0 bridgehead atoms. The van der Waals surface area contributed by atoms with E-state index in [1.54, 1.807) is 13.0 Å². The van der Waals surface area contributed by atoms with Gasteiger partial charge in [0.05, 0.1) is 22.5 Å². The van der Waals surface area contributed by atoms with Crippen LogP contribution in [0.25, 0.3) is 5.69 Å². The average Bonchev–Trinajstić information content (AvgIpc) is 2.75. The Labute approximate surface area is 107 Å². The monoisotopic (exact) mass is 272 g/mol.